The van der Waals surface area contributed by atoms with Gasteiger partial charge in [-0.3, -0.25) is 4.79 Å². The zero-order chi connectivity index (χ0) is 12.7. The van der Waals surface area contributed by atoms with Gasteiger partial charge in [0.1, 0.15) is 5.82 Å². The van der Waals surface area contributed by atoms with E-state index in [1.165, 1.54) is 0 Å². The van der Waals surface area contributed by atoms with Crippen LogP contribution in [0.5, 0.6) is 0 Å². The molecule has 0 aromatic carbocycles. The number of aromatic amines is 1. The van der Waals surface area contributed by atoms with Crippen molar-refractivity contribution in [3.63, 3.8) is 0 Å². The molecule has 0 aliphatic heterocycles. The summed E-state index contributed by atoms with van der Waals surface area (Å²) in [7, 11) is 0. The highest BCUT2D eigenvalue weighted by Crippen LogP contribution is 2.08. The van der Waals surface area contributed by atoms with Crippen molar-refractivity contribution in [2.45, 2.75) is 26.7 Å². The van der Waals surface area contributed by atoms with Gasteiger partial charge in [0.15, 0.2) is 0 Å². The summed E-state index contributed by atoms with van der Waals surface area (Å²) >= 11 is 0. The fraction of sp³-hybridized carbons (Fsp3) is 0.667. The van der Waals surface area contributed by atoms with Crippen LogP contribution in [0.25, 0.3) is 0 Å². The van der Waals surface area contributed by atoms with Crippen molar-refractivity contribution in [1.29, 1.82) is 0 Å². The molecule has 0 saturated heterocycles. The van der Waals surface area contributed by atoms with Crippen LogP contribution in [0.4, 0.5) is 0 Å². The van der Waals surface area contributed by atoms with E-state index in [1.807, 2.05) is 13.8 Å². The number of nitrogens with two attached hydrogens (primary N) is 1. The van der Waals surface area contributed by atoms with E-state index in [0.29, 0.717) is 13.1 Å². The summed E-state index contributed by atoms with van der Waals surface area (Å²) < 4.78 is 0. The number of carbonyl (C=O) groups excluding carboxylic acids is 1. The molecular formula is C12H22N4O. The van der Waals surface area contributed by atoms with Crippen LogP contribution in [-0.2, 0) is 11.2 Å². The molecule has 0 bridgehead atoms. The van der Waals surface area contributed by atoms with Gasteiger partial charge in [0.05, 0.1) is 5.92 Å². The highest BCUT2D eigenvalue weighted by Gasteiger charge is 2.19. The van der Waals surface area contributed by atoms with E-state index >= 15 is 0 Å². The molecule has 0 aliphatic rings. The fourth-order valence-electron chi connectivity index (χ4n) is 1.72. The first-order valence-electron chi connectivity index (χ1n) is 6.11. The summed E-state index contributed by atoms with van der Waals surface area (Å²) in [5, 5.41) is 2.92. The number of nitrogens with zero attached hydrogens (tertiary/aromatic N) is 1. The molecule has 96 valence electrons. The van der Waals surface area contributed by atoms with Gasteiger partial charge < -0.3 is 16.0 Å². The molecule has 4 N–H and O–H groups in total. The van der Waals surface area contributed by atoms with Crippen molar-refractivity contribution in [3.8, 4) is 0 Å². The summed E-state index contributed by atoms with van der Waals surface area (Å²) in [6.45, 7) is 5.10. The molecule has 1 heterocycles. The highest BCUT2D eigenvalue weighted by molar-refractivity contribution is 5.79. The van der Waals surface area contributed by atoms with Crippen molar-refractivity contribution in [1.82, 2.24) is 15.3 Å². The molecule has 0 aliphatic carbocycles. The van der Waals surface area contributed by atoms with Crippen LogP contribution in [0.15, 0.2) is 12.4 Å². The first-order valence-corrected chi connectivity index (χ1v) is 6.11. The van der Waals surface area contributed by atoms with Gasteiger partial charge in [0, 0.05) is 31.9 Å². The third-order valence-corrected chi connectivity index (χ3v) is 2.84. The molecule has 0 saturated carbocycles. The Labute approximate surface area is 102 Å². The molecular weight excluding hydrogens is 216 g/mol. The predicted octanol–water partition coefficient (Wildman–Crippen LogP) is 0.689. The topological polar surface area (TPSA) is 83.8 Å². The second-order valence-electron chi connectivity index (χ2n) is 4.52. The van der Waals surface area contributed by atoms with Gasteiger partial charge in [0.2, 0.25) is 5.91 Å². The standard InChI is InChI=1S/C12H22N4O/c1-9(2)10(8-13)12(17)16-5-3-4-11-14-6-7-15-11/h6-7,9-10H,3-5,8,13H2,1-2H3,(H,14,15)(H,16,17). The maximum absolute atomic E-state index is 11.8. The van der Waals surface area contributed by atoms with Crippen LogP contribution in [-0.4, -0.2) is 29.0 Å². The lowest BCUT2D eigenvalue weighted by molar-refractivity contribution is -0.125. The molecule has 1 rings (SSSR count). The Balaban J connectivity index is 2.19. The van der Waals surface area contributed by atoms with Gasteiger partial charge in [-0.25, -0.2) is 4.98 Å². The van der Waals surface area contributed by atoms with Crippen molar-refractivity contribution in [2.75, 3.05) is 13.1 Å². The van der Waals surface area contributed by atoms with Crippen LogP contribution in [0, 0.1) is 11.8 Å². The fourth-order valence-corrected chi connectivity index (χ4v) is 1.72. The number of nitrogens with one attached hydrogen (secondary N) is 2. The van der Waals surface area contributed by atoms with E-state index in [-0.39, 0.29) is 17.7 Å². The lowest BCUT2D eigenvalue weighted by atomic mass is 9.95. The summed E-state index contributed by atoms with van der Waals surface area (Å²) in [6.07, 6.45) is 5.27. The Morgan fingerprint density at radius 1 is 1.59 bits per heavy atom. The van der Waals surface area contributed by atoms with Crippen molar-refractivity contribution in [2.24, 2.45) is 17.6 Å². The minimum atomic E-state index is -0.0846. The van der Waals surface area contributed by atoms with Crippen LogP contribution in [0.3, 0.4) is 0 Å². The van der Waals surface area contributed by atoms with Crippen molar-refractivity contribution < 1.29 is 4.79 Å². The number of H-pyrrole nitrogens is 1. The molecule has 1 amide bonds. The molecule has 1 atom stereocenters. The van der Waals surface area contributed by atoms with Crippen molar-refractivity contribution in [3.05, 3.63) is 18.2 Å². The number of aryl methyl sites for hydroxylation is 1. The maximum Gasteiger partial charge on any atom is 0.224 e. The van der Waals surface area contributed by atoms with Crippen LogP contribution < -0.4 is 11.1 Å². The molecule has 0 fully saturated rings. The predicted molar refractivity (Wildman–Crippen MR) is 67.3 cm³/mol. The van der Waals surface area contributed by atoms with Gasteiger partial charge >= 0.3 is 0 Å². The zero-order valence-electron chi connectivity index (χ0n) is 10.6. The molecule has 1 aromatic rings. The first kappa shape index (κ1) is 13.7. The summed E-state index contributed by atoms with van der Waals surface area (Å²) in [5.41, 5.74) is 5.58. The number of aromatic nitrogens is 2. The third-order valence-electron chi connectivity index (χ3n) is 2.84. The second-order valence-corrected chi connectivity index (χ2v) is 4.52. The third kappa shape index (κ3) is 4.56. The second kappa shape index (κ2) is 7.06. The van der Waals surface area contributed by atoms with E-state index in [4.69, 9.17) is 5.73 Å². The highest BCUT2D eigenvalue weighted by atomic mass is 16.1. The zero-order valence-corrected chi connectivity index (χ0v) is 10.6. The van der Waals surface area contributed by atoms with Crippen LogP contribution in [0.2, 0.25) is 0 Å². The van der Waals surface area contributed by atoms with Gasteiger partial charge in [-0.1, -0.05) is 13.8 Å². The van der Waals surface area contributed by atoms with Gasteiger partial charge in [0.25, 0.3) is 0 Å². The smallest absolute Gasteiger partial charge is 0.224 e. The molecule has 1 aromatic heterocycles. The lowest BCUT2D eigenvalue weighted by Gasteiger charge is -2.18. The molecule has 1 unspecified atom stereocenters. The average molecular weight is 238 g/mol. The number of imidazole rings is 1. The first-order chi connectivity index (χ1) is 8.15. The summed E-state index contributed by atoms with van der Waals surface area (Å²) in [5.74, 6) is 1.21. The molecule has 17 heavy (non-hydrogen) atoms. The van der Waals surface area contributed by atoms with E-state index in [0.717, 1.165) is 18.7 Å². The molecule has 0 radical (unpaired) electrons. The van der Waals surface area contributed by atoms with E-state index in [1.54, 1.807) is 12.4 Å². The summed E-state index contributed by atoms with van der Waals surface area (Å²) in [6, 6.07) is 0. The Hall–Kier alpha value is -1.36. The number of hydrogen-bond acceptors (Lipinski definition) is 3. The average Bonchev–Trinajstić information content (AvgIpc) is 2.77. The van der Waals surface area contributed by atoms with Crippen molar-refractivity contribution >= 4 is 5.91 Å². The van der Waals surface area contributed by atoms with E-state index < -0.39 is 0 Å². The minimum Gasteiger partial charge on any atom is -0.356 e. The Kier molecular flexibility index (Phi) is 5.69. The Bertz CT molecular complexity index is 321. The number of amides is 1. The molecule has 5 heteroatoms. The number of hydrogen-bond donors (Lipinski definition) is 3. The lowest BCUT2D eigenvalue weighted by Crippen LogP contribution is -2.38. The number of carbonyl (C=O) groups is 1. The Morgan fingerprint density at radius 3 is 2.88 bits per heavy atom. The van der Waals surface area contributed by atoms with Gasteiger partial charge in [-0.15, -0.1) is 0 Å². The van der Waals surface area contributed by atoms with E-state index in [9.17, 15) is 4.79 Å². The normalized spacial score (nSPS) is 12.7. The van der Waals surface area contributed by atoms with Gasteiger partial charge in [-0.2, -0.15) is 0 Å². The Morgan fingerprint density at radius 2 is 2.35 bits per heavy atom. The summed E-state index contributed by atoms with van der Waals surface area (Å²) in [4.78, 5) is 18.9. The largest absolute Gasteiger partial charge is 0.356 e. The van der Waals surface area contributed by atoms with E-state index in [2.05, 4.69) is 15.3 Å². The SMILES string of the molecule is CC(C)C(CN)C(=O)NCCCc1ncc[nH]1. The molecule has 0 spiro atoms. The van der Waals surface area contributed by atoms with Crippen LogP contribution in [0.1, 0.15) is 26.1 Å². The van der Waals surface area contributed by atoms with Crippen LogP contribution >= 0.6 is 0 Å². The molecule has 5 nitrogen and oxygen atoms in total. The van der Waals surface area contributed by atoms with Gasteiger partial charge in [-0.05, 0) is 12.3 Å². The number of rotatable bonds is 7. The minimum absolute atomic E-state index is 0.0574. The quantitative estimate of drug-likeness (QED) is 0.611. The maximum atomic E-state index is 11.8. The monoisotopic (exact) mass is 238 g/mol.